The highest BCUT2D eigenvalue weighted by molar-refractivity contribution is 5.29. The van der Waals surface area contributed by atoms with Crippen molar-refractivity contribution < 1.29 is 5.11 Å². The van der Waals surface area contributed by atoms with Crippen LogP contribution in [0.1, 0.15) is 35.8 Å². The Kier molecular flexibility index (Phi) is 2.48. The summed E-state index contributed by atoms with van der Waals surface area (Å²) in [6.07, 6.45) is 8.79. The van der Waals surface area contributed by atoms with Crippen molar-refractivity contribution in [3.05, 3.63) is 35.4 Å². The standard InChI is InChI=1S/C12H16N4O/c1-15-6-10(13-14-15)7-16-5-9-3-2-4-12(17)11(9)8-16/h5-6,8,12,17H,2-4,7H2,1H3. The van der Waals surface area contributed by atoms with Gasteiger partial charge in [-0.2, -0.15) is 0 Å². The zero-order valence-corrected chi connectivity index (χ0v) is 9.87. The lowest BCUT2D eigenvalue weighted by atomic mass is 9.93. The number of aryl methyl sites for hydroxylation is 2. The van der Waals surface area contributed by atoms with Crippen molar-refractivity contribution in [3.63, 3.8) is 0 Å². The molecule has 3 rings (SSSR count). The fraction of sp³-hybridized carbons (Fsp3) is 0.500. The van der Waals surface area contributed by atoms with Crippen LogP contribution in [0.25, 0.3) is 0 Å². The Morgan fingerprint density at radius 1 is 1.41 bits per heavy atom. The minimum absolute atomic E-state index is 0.290. The van der Waals surface area contributed by atoms with E-state index in [1.54, 1.807) is 4.68 Å². The van der Waals surface area contributed by atoms with E-state index < -0.39 is 0 Å². The van der Waals surface area contributed by atoms with Crippen LogP contribution in [0.5, 0.6) is 0 Å². The molecule has 0 fully saturated rings. The van der Waals surface area contributed by atoms with Gasteiger partial charge in [0.05, 0.1) is 12.6 Å². The first-order chi connectivity index (χ1) is 8.22. The molecule has 2 aromatic heterocycles. The third kappa shape index (κ3) is 1.98. The van der Waals surface area contributed by atoms with Crippen LogP contribution in [-0.2, 0) is 20.0 Å². The van der Waals surface area contributed by atoms with Crippen molar-refractivity contribution in [2.45, 2.75) is 31.9 Å². The summed E-state index contributed by atoms with van der Waals surface area (Å²) in [6, 6.07) is 0. The van der Waals surface area contributed by atoms with Crippen LogP contribution in [0.4, 0.5) is 0 Å². The van der Waals surface area contributed by atoms with Crippen molar-refractivity contribution in [2.24, 2.45) is 7.05 Å². The van der Waals surface area contributed by atoms with Crippen molar-refractivity contribution in [1.29, 1.82) is 0 Å². The normalized spacial score (nSPS) is 19.3. The van der Waals surface area contributed by atoms with Crippen molar-refractivity contribution in [1.82, 2.24) is 19.6 Å². The molecule has 0 amide bonds. The Balaban J connectivity index is 1.85. The first kappa shape index (κ1) is 10.5. The summed E-state index contributed by atoms with van der Waals surface area (Å²) in [5.41, 5.74) is 3.29. The molecule has 5 heteroatoms. The lowest BCUT2D eigenvalue weighted by Crippen LogP contribution is -2.05. The third-order valence-corrected chi connectivity index (χ3v) is 3.27. The Morgan fingerprint density at radius 2 is 2.29 bits per heavy atom. The number of rotatable bonds is 2. The molecule has 2 heterocycles. The fourth-order valence-corrected chi connectivity index (χ4v) is 2.47. The van der Waals surface area contributed by atoms with E-state index >= 15 is 0 Å². The summed E-state index contributed by atoms with van der Waals surface area (Å²) in [7, 11) is 1.86. The fourth-order valence-electron chi connectivity index (χ4n) is 2.47. The molecule has 0 bridgehead atoms. The van der Waals surface area contributed by atoms with Gasteiger partial charge in [0.15, 0.2) is 0 Å². The maximum absolute atomic E-state index is 9.90. The number of hydrogen-bond acceptors (Lipinski definition) is 3. The van der Waals surface area contributed by atoms with Crippen LogP contribution >= 0.6 is 0 Å². The van der Waals surface area contributed by atoms with Gasteiger partial charge in [-0.25, -0.2) is 0 Å². The van der Waals surface area contributed by atoms with Crippen LogP contribution in [-0.4, -0.2) is 24.7 Å². The first-order valence-electron chi connectivity index (χ1n) is 5.94. The highest BCUT2D eigenvalue weighted by atomic mass is 16.3. The molecule has 90 valence electrons. The molecule has 1 aliphatic rings. The van der Waals surface area contributed by atoms with E-state index in [0.29, 0.717) is 6.54 Å². The van der Waals surface area contributed by atoms with Gasteiger partial charge in [-0.3, -0.25) is 4.68 Å². The molecular weight excluding hydrogens is 216 g/mol. The molecule has 1 atom stereocenters. The topological polar surface area (TPSA) is 55.9 Å². The van der Waals surface area contributed by atoms with E-state index in [4.69, 9.17) is 0 Å². The highest BCUT2D eigenvalue weighted by Gasteiger charge is 2.19. The zero-order chi connectivity index (χ0) is 11.8. The van der Waals surface area contributed by atoms with Crippen molar-refractivity contribution in [3.8, 4) is 0 Å². The zero-order valence-electron chi connectivity index (χ0n) is 9.87. The smallest absolute Gasteiger partial charge is 0.102 e. The number of hydrogen-bond donors (Lipinski definition) is 1. The summed E-state index contributed by atoms with van der Waals surface area (Å²) in [6.45, 7) is 0.716. The van der Waals surface area contributed by atoms with E-state index in [2.05, 4.69) is 21.1 Å². The molecule has 1 aliphatic carbocycles. The molecule has 5 nitrogen and oxygen atoms in total. The van der Waals surface area contributed by atoms with E-state index in [-0.39, 0.29) is 6.10 Å². The monoisotopic (exact) mass is 232 g/mol. The molecule has 1 unspecified atom stereocenters. The minimum Gasteiger partial charge on any atom is -0.388 e. The van der Waals surface area contributed by atoms with Crippen LogP contribution in [0.3, 0.4) is 0 Å². The third-order valence-electron chi connectivity index (χ3n) is 3.27. The van der Waals surface area contributed by atoms with Gasteiger partial charge in [0.1, 0.15) is 5.69 Å². The molecule has 0 aromatic carbocycles. The number of aromatic nitrogens is 4. The number of aliphatic hydroxyl groups excluding tert-OH is 1. The Bertz CT molecular complexity index is 528. The van der Waals surface area contributed by atoms with Crippen LogP contribution < -0.4 is 0 Å². The second kappa shape index (κ2) is 4.00. The molecule has 0 aliphatic heterocycles. The van der Waals surface area contributed by atoms with Gasteiger partial charge in [-0.15, -0.1) is 5.10 Å². The summed E-state index contributed by atoms with van der Waals surface area (Å²) >= 11 is 0. The lowest BCUT2D eigenvalue weighted by Gasteiger charge is -2.16. The van der Waals surface area contributed by atoms with Gasteiger partial charge in [0.2, 0.25) is 0 Å². The Morgan fingerprint density at radius 3 is 3.00 bits per heavy atom. The summed E-state index contributed by atoms with van der Waals surface area (Å²) in [5.74, 6) is 0. The van der Waals surface area contributed by atoms with Gasteiger partial charge in [-0.1, -0.05) is 5.21 Å². The molecule has 17 heavy (non-hydrogen) atoms. The van der Waals surface area contributed by atoms with E-state index in [1.165, 1.54) is 5.56 Å². The molecule has 2 aromatic rings. The Hall–Kier alpha value is -1.62. The predicted molar refractivity (Wildman–Crippen MR) is 62.4 cm³/mol. The first-order valence-corrected chi connectivity index (χ1v) is 5.94. The van der Waals surface area contributed by atoms with Gasteiger partial charge >= 0.3 is 0 Å². The van der Waals surface area contributed by atoms with Crippen LogP contribution in [0, 0.1) is 0 Å². The minimum atomic E-state index is -0.290. The van der Waals surface area contributed by atoms with Crippen LogP contribution in [0.2, 0.25) is 0 Å². The maximum Gasteiger partial charge on any atom is 0.102 e. The second-order valence-corrected chi connectivity index (χ2v) is 4.70. The quantitative estimate of drug-likeness (QED) is 0.841. The SMILES string of the molecule is Cn1cc(Cn2cc3c(c2)C(O)CCC3)nn1. The summed E-state index contributed by atoms with van der Waals surface area (Å²) in [4.78, 5) is 0. The highest BCUT2D eigenvalue weighted by Crippen LogP contribution is 2.30. The number of nitrogens with zero attached hydrogens (tertiary/aromatic N) is 4. The van der Waals surface area contributed by atoms with Gasteiger partial charge in [-0.05, 0) is 24.8 Å². The Labute approximate surface area is 99.7 Å². The molecule has 1 N–H and O–H groups in total. The molecule has 0 spiro atoms. The summed E-state index contributed by atoms with van der Waals surface area (Å²) < 4.78 is 3.79. The van der Waals surface area contributed by atoms with Crippen molar-refractivity contribution in [2.75, 3.05) is 0 Å². The van der Waals surface area contributed by atoms with Gasteiger partial charge < -0.3 is 9.67 Å². The molecule has 0 saturated heterocycles. The second-order valence-electron chi connectivity index (χ2n) is 4.70. The van der Waals surface area contributed by atoms with Crippen molar-refractivity contribution >= 4 is 0 Å². The van der Waals surface area contributed by atoms with E-state index in [0.717, 1.165) is 30.5 Å². The van der Waals surface area contributed by atoms with Gasteiger partial charge in [0, 0.05) is 31.2 Å². The van der Waals surface area contributed by atoms with Gasteiger partial charge in [0.25, 0.3) is 0 Å². The predicted octanol–water partition coefficient (Wildman–Crippen LogP) is 1.03. The lowest BCUT2D eigenvalue weighted by molar-refractivity contribution is 0.157. The maximum atomic E-state index is 9.90. The summed E-state index contributed by atoms with van der Waals surface area (Å²) in [5, 5.41) is 17.9. The average molecular weight is 232 g/mol. The van der Waals surface area contributed by atoms with E-state index in [1.807, 2.05) is 19.4 Å². The van der Waals surface area contributed by atoms with Crippen LogP contribution in [0.15, 0.2) is 18.6 Å². The molecule has 0 radical (unpaired) electrons. The van der Waals surface area contributed by atoms with E-state index in [9.17, 15) is 5.11 Å². The largest absolute Gasteiger partial charge is 0.388 e. The number of fused-ring (bicyclic) bond motifs is 1. The molecular formula is C12H16N4O. The number of aliphatic hydroxyl groups is 1. The molecule has 0 saturated carbocycles. The average Bonchev–Trinajstić information content (AvgIpc) is 2.86.